The van der Waals surface area contributed by atoms with Crippen molar-refractivity contribution in [3.63, 3.8) is 0 Å². The van der Waals surface area contributed by atoms with Gasteiger partial charge in [-0.1, -0.05) is 12.1 Å². The number of piperidine rings is 1. The molecule has 2 saturated heterocycles. The van der Waals surface area contributed by atoms with E-state index in [0.29, 0.717) is 30.4 Å². The van der Waals surface area contributed by atoms with Crippen molar-refractivity contribution < 1.29 is 28.6 Å². The van der Waals surface area contributed by atoms with E-state index in [9.17, 15) is 14.4 Å². The molecule has 33 heavy (non-hydrogen) atoms. The number of hydrogen-bond donors (Lipinski definition) is 2. The largest absolute Gasteiger partial charge is 0.489 e. The fourth-order valence-corrected chi connectivity index (χ4v) is 4.35. The number of hydrogen-bond acceptors (Lipinski definition) is 8. The second-order valence-electron chi connectivity index (χ2n) is 8.82. The number of rotatable bonds is 7. The van der Waals surface area contributed by atoms with E-state index in [1.165, 1.54) is 0 Å². The standard InChI is InChI=1S/C23H31N3O6S/c1-23(2,3)32-21(28)24-16-8-6-10-26(14-16)19-15(13-18-20(27)25-22(29)33-18)7-5-9-17(19)31-12-11-30-4/h5,7,9,13,16H,6,8,10-12,14H2,1-4H3,(H,24,28)(H,25,27,29)/b18-13-/t16-/m1/s1. The minimum Gasteiger partial charge on any atom is -0.489 e. The zero-order chi connectivity index (χ0) is 24.0. The molecule has 3 amide bonds. The molecule has 1 aromatic rings. The van der Waals surface area contributed by atoms with Gasteiger partial charge in [-0.3, -0.25) is 14.9 Å². The maximum atomic E-state index is 12.3. The van der Waals surface area contributed by atoms with Crippen LogP contribution in [-0.2, 0) is 14.3 Å². The number of imide groups is 1. The van der Waals surface area contributed by atoms with Crippen molar-refractivity contribution in [2.75, 3.05) is 38.3 Å². The van der Waals surface area contributed by atoms with E-state index < -0.39 is 17.6 Å². The zero-order valence-electron chi connectivity index (χ0n) is 19.4. The quantitative estimate of drug-likeness (QED) is 0.454. The molecule has 10 heteroatoms. The highest BCUT2D eigenvalue weighted by Gasteiger charge is 2.29. The van der Waals surface area contributed by atoms with Crippen molar-refractivity contribution in [3.8, 4) is 5.75 Å². The highest BCUT2D eigenvalue weighted by atomic mass is 32.2. The number of carbonyl (C=O) groups excluding carboxylic acids is 3. The summed E-state index contributed by atoms with van der Waals surface area (Å²) in [6.07, 6.45) is 2.94. The van der Waals surface area contributed by atoms with Crippen LogP contribution in [0.5, 0.6) is 5.75 Å². The predicted octanol–water partition coefficient (Wildman–Crippen LogP) is 3.53. The number of amides is 3. The molecule has 2 fully saturated rings. The first kappa shape index (κ1) is 24.9. The number of thioether (sulfide) groups is 1. The fourth-order valence-electron chi connectivity index (χ4n) is 3.68. The predicted molar refractivity (Wildman–Crippen MR) is 128 cm³/mol. The molecule has 2 N–H and O–H groups in total. The van der Waals surface area contributed by atoms with Gasteiger partial charge in [-0.25, -0.2) is 4.79 Å². The summed E-state index contributed by atoms with van der Waals surface area (Å²) in [7, 11) is 1.61. The van der Waals surface area contributed by atoms with E-state index >= 15 is 0 Å². The average Bonchev–Trinajstić information content (AvgIpc) is 3.03. The molecule has 2 aliphatic rings. The highest BCUT2D eigenvalue weighted by molar-refractivity contribution is 8.18. The van der Waals surface area contributed by atoms with Crippen LogP contribution in [-0.4, -0.2) is 62.3 Å². The van der Waals surface area contributed by atoms with E-state index in [1.807, 2.05) is 39.0 Å². The summed E-state index contributed by atoms with van der Waals surface area (Å²) >= 11 is 0.874. The third-order valence-corrected chi connectivity index (χ3v) is 5.77. The van der Waals surface area contributed by atoms with E-state index in [0.717, 1.165) is 42.4 Å². The Morgan fingerprint density at radius 1 is 1.30 bits per heavy atom. The van der Waals surface area contributed by atoms with Crippen molar-refractivity contribution in [3.05, 3.63) is 28.7 Å². The molecule has 1 atom stereocenters. The highest BCUT2D eigenvalue weighted by Crippen LogP contribution is 2.37. The Bertz CT molecular complexity index is 927. The second kappa shape index (κ2) is 10.9. The van der Waals surface area contributed by atoms with Gasteiger partial charge in [0.2, 0.25) is 0 Å². The number of ether oxygens (including phenoxy) is 3. The Kier molecular flexibility index (Phi) is 8.25. The van der Waals surface area contributed by atoms with Gasteiger partial charge in [-0.2, -0.15) is 0 Å². The molecule has 180 valence electrons. The molecule has 0 radical (unpaired) electrons. The first-order chi connectivity index (χ1) is 15.7. The lowest BCUT2D eigenvalue weighted by Gasteiger charge is -2.36. The molecule has 9 nitrogen and oxygen atoms in total. The molecular weight excluding hydrogens is 446 g/mol. The number of alkyl carbamates (subject to hydrolysis) is 1. The molecule has 0 aliphatic carbocycles. The Balaban J connectivity index is 1.87. The van der Waals surface area contributed by atoms with Crippen molar-refractivity contribution in [1.29, 1.82) is 0 Å². The molecule has 2 heterocycles. The molecule has 0 spiro atoms. The Morgan fingerprint density at radius 2 is 2.09 bits per heavy atom. The van der Waals surface area contributed by atoms with E-state index in [2.05, 4.69) is 15.5 Å². The molecule has 0 aromatic heterocycles. The Labute approximate surface area is 198 Å². The topological polar surface area (TPSA) is 106 Å². The van der Waals surface area contributed by atoms with Gasteiger partial charge >= 0.3 is 6.09 Å². The van der Waals surface area contributed by atoms with Gasteiger partial charge in [0, 0.05) is 31.8 Å². The number of benzene rings is 1. The van der Waals surface area contributed by atoms with Crippen LogP contribution < -0.4 is 20.3 Å². The van der Waals surface area contributed by atoms with Crippen molar-refractivity contribution in [1.82, 2.24) is 10.6 Å². The fraction of sp³-hybridized carbons (Fsp3) is 0.522. The summed E-state index contributed by atoms with van der Waals surface area (Å²) in [4.78, 5) is 38.5. The number of nitrogens with one attached hydrogen (secondary N) is 2. The summed E-state index contributed by atoms with van der Waals surface area (Å²) in [6.45, 7) is 7.59. The van der Waals surface area contributed by atoms with Gasteiger partial charge in [-0.15, -0.1) is 0 Å². The molecular formula is C23H31N3O6S. The van der Waals surface area contributed by atoms with E-state index in [4.69, 9.17) is 14.2 Å². The SMILES string of the molecule is COCCOc1cccc(/C=C2\SC(=O)NC2=O)c1N1CCC[C@@H](NC(=O)OC(C)(C)C)C1. The van der Waals surface area contributed by atoms with Gasteiger partial charge in [0.05, 0.1) is 17.2 Å². The minimum atomic E-state index is -0.573. The van der Waals surface area contributed by atoms with Crippen LogP contribution in [0.3, 0.4) is 0 Å². The Morgan fingerprint density at radius 3 is 2.76 bits per heavy atom. The van der Waals surface area contributed by atoms with Crippen LogP contribution in [0.25, 0.3) is 6.08 Å². The summed E-state index contributed by atoms with van der Waals surface area (Å²) in [6, 6.07) is 5.49. The summed E-state index contributed by atoms with van der Waals surface area (Å²) < 4.78 is 16.5. The van der Waals surface area contributed by atoms with Crippen LogP contribution in [0.15, 0.2) is 23.1 Å². The van der Waals surface area contributed by atoms with Crippen molar-refractivity contribution in [2.24, 2.45) is 0 Å². The smallest absolute Gasteiger partial charge is 0.407 e. The van der Waals surface area contributed by atoms with Crippen LogP contribution in [0, 0.1) is 0 Å². The van der Waals surface area contributed by atoms with Gasteiger partial charge in [0.1, 0.15) is 18.0 Å². The third kappa shape index (κ3) is 7.13. The van der Waals surface area contributed by atoms with Crippen LogP contribution in [0.4, 0.5) is 15.3 Å². The molecule has 0 unspecified atom stereocenters. The number of para-hydroxylation sites is 1. The van der Waals surface area contributed by atoms with Crippen molar-refractivity contribution in [2.45, 2.75) is 45.3 Å². The van der Waals surface area contributed by atoms with Gasteiger partial charge < -0.3 is 24.4 Å². The van der Waals surface area contributed by atoms with Crippen molar-refractivity contribution >= 4 is 40.8 Å². The summed E-state index contributed by atoms with van der Waals surface area (Å²) in [5.41, 5.74) is 0.996. The first-order valence-electron chi connectivity index (χ1n) is 10.9. The summed E-state index contributed by atoms with van der Waals surface area (Å²) in [5.74, 6) is 0.235. The lowest BCUT2D eigenvalue weighted by Crippen LogP contribution is -2.49. The molecule has 2 aliphatic heterocycles. The van der Waals surface area contributed by atoms with Crippen LogP contribution >= 0.6 is 11.8 Å². The number of nitrogens with zero attached hydrogens (tertiary/aromatic N) is 1. The normalized spacial score (nSPS) is 20.1. The molecule has 1 aromatic carbocycles. The summed E-state index contributed by atoms with van der Waals surface area (Å²) in [5, 5.41) is 4.86. The Hall–Kier alpha value is -2.72. The monoisotopic (exact) mass is 477 g/mol. The molecule has 0 bridgehead atoms. The molecule has 0 saturated carbocycles. The number of carbonyl (C=O) groups is 3. The van der Waals surface area contributed by atoms with Gasteiger partial charge in [0.15, 0.2) is 0 Å². The first-order valence-corrected chi connectivity index (χ1v) is 11.7. The average molecular weight is 478 g/mol. The van der Waals surface area contributed by atoms with E-state index in [-0.39, 0.29) is 11.3 Å². The maximum Gasteiger partial charge on any atom is 0.407 e. The lowest BCUT2D eigenvalue weighted by molar-refractivity contribution is -0.115. The maximum absolute atomic E-state index is 12.3. The zero-order valence-corrected chi connectivity index (χ0v) is 20.3. The van der Waals surface area contributed by atoms with E-state index in [1.54, 1.807) is 13.2 Å². The number of anilines is 1. The van der Waals surface area contributed by atoms with Gasteiger partial charge in [0.25, 0.3) is 11.1 Å². The molecule has 3 rings (SSSR count). The minimum absolute atomic E-state index is 0.105. The number of methoxy groups -OCH3 is 1. The lowest BCUT2D eigenvalue weighted by atomic mass is 10.0. The van der Waals surface area contributed by atoms with Gasteiger partial charge in [-0.05, 0) is 57.5 Å². The van der Waals surface area contributed by atoms with Crippen LogP contribution in [0.1, 0.15) is 39.2 Å². The third-order valence-electron chi connectivity index (χ3n) is 4.96. The second-order valence-corrected chi connectivity index (χ2v) is 9.83. The van der Waals surface area contributed by atoms with Crippen LogP contribution in [0.2, 0.25) is 0 Å².